The van der Waals surface area contributed by atoms with E-state index in [4.69, 9.17) is 4.74 Å². The molecule has 82 valence electrons. The molecule has 0 saturated carbocycles. The Morgan fingerprint density at radius 3 is 2.86 bits per heavy atom. The number of unbranched alkanes of at least 4 members (excludes halogenated alkanes) is 1. The van der Waals surface area contributed by atoms with E-state index in [0.29, 0.717) is 32.6 Å². The van der Waals surface area contributed by atoms with Gasteiger partial charge in [-0.25, -0.2) is 0 Å². The first-order valence-electron chi connectivity index (χ1n) is 5.09. The fraction of sp³-hybridized carbons (Fsp3) is 0.800. The molecule has 0 aliphatic rings. The summed E-state index contributed by atoms with van der Waals surface area (Å²) in [6.07, 6.45) is 3.79. The van der Waals surface area contributed by atoms with Crippen LogP contribution in [0, 0.1) is 0 Å². The third-order valence-electron chi connectivity index (χ3n) is 1.71. The lowest BCUT2D eigenvalue weighted by Gasteiger charge is -2.04. The molecule has 0 aromatic heterocycles. The van der Waals surface area contributed by atoms with E-state index in [-0.39, 0.29) is 5.91 Å². The largest absolute Gasteiger partial charge is 0.379 e. The Balaban J connectivity index is 3.10. The van der Waals surface area contributed by atoms with Crippen molar-refractivity contribution in [3.05, 3.63) is 0 Å². The quantitative estimate of drug-likeness (QED) is 0.445. The monoisotopic (exact) mass is 201 g/mol. The summed E-state index contributed by atoms with van der Waals surface area (Å²) in [6, 6.07) is 0. The van der Waals surface area contributed by atoms with Crippen LogP contribution in [0.5, 0.6) is 0 Å². The van der Waals surface area contributed by atoms with Gasteiger partial charge in [0, 0.05) is 19.4 Å². The van der Waals surface area contributed by atoms with E-state index in [1.807, 2.05) is 0 Å². The molecule has 0 bridgehead atoms. The van der Waals surface area contributed by atoms with Gasteiger partial charge in [0.15, 0.2) is 0 Å². The number of carbonyl (C=O) groups is 2. The standard InChI is InChI=1S/C10H19NO3/c1-2-3-5-10(13)11-6-9-14-8-4-7-12/h7H,2-6,8-9H2,1H3,(H,11,13). The van der Waals surface area contributed by atoms with Crippen LogP contribution in [0.25, 0.3) is 0 Å². The molecule has 0 heterocycles. The van der Waals surface area contributed by atoms with Crippen LogP contribution in [0.1, 0.15) is 32.6 Å². The molecule has 14 heavy (non-hydrogen) atoms. The van der Waals surface area contributed by atoms with Gasteiger partial charge in [-0.05, 0) is 6.42 Å². The van der Waals surface area contributed by atoms with Gasteiger partial charge in [-0.2, -0.15) is 0 Å². The van der Waals surface area contributed by atoms with Crippen molar-refractivity contribution in [3.8, 4) is 0 Å². The molecule has 1 amide bonds. The topological polar surface area (TPSA) is 55.4 Å². The van der Waals surface area contributed by atoms with Gasteiger partial charge in [-0.3, -0.25) is 4.79 Å². The highest BCUT2D eigenvalue weighted by Crippen LogP contribution is 1.92. The lowest BCUT2D eigenvalue weighted by atomic mass is 10.2. The second-order valence-electron chi connectivity index (χ2n) is 3.02. The Kier molecular flexibility index (Phi) is 9.53. The smallest absolute Gasteiger partial charge is 0.220 e. The second kappa shape index (κ2) is 10.2. The average Bonchev–Trinajstić information content (AvgIpc) is 2.20. The number of nitrogens with one attached hydrogen (secondary N) is 1. The Bertz CT molecular complexity index is 159. The molecule has 0 aromatic carbocycles. The Morgan fingerprint density at radius 2 is 2.21 bits per heavy atom. The van der Waals surface area contributed by atoms with E-state index >= 15 is 0 Å². The van der Waals surface area contributed by atoms with E-state index in [0.717, 1.165) is 19.1 Å². The molecular weight excluding hydrogens is 182 g/mol. The summed E-state index contributed by atoms with van der Waals surface area (Å²) in [4.78, 5) is 21.0. The molecule has 4 heteroatoms. The summed E-state index contributed by atoms with van der Waals surface area (Å²) >= 11 is 0. The number of rotatable bonds is 9. The number of amides is 1. The van der Waals surface area contributed by atoms with Crippen LogP contribution >= 0.6 is 0 Å². The highest BCUT2D eigenvalue weighted by Gasteiger charge is 1.98. The van der Waals surface area contributed by atoms with E-state index < -0.39 is 0 Å². The van der Waals surface area contributed by atoms with Crippen molar-refractivity contribution in [2.75, 3.05) is 19.8 Å². The second-order valence-corrected chi connectivity index (χ2v) is 3.02. The van der Waals surface area contributed by atoms with Crippen LogP contribution in [-0.4, -0.2) is 32.0 Å². The SMILES string of the molecule is CCCCC(=O)NCCOCCC=O. The fourth-order valence-corrected chi connectivity index (χ4v) is 0.922. The molecule has 0 atom stereocenters. The van der Waals surface area contributed by atoms with Crippen molar-refractivity contribution in [3.63, 3.8) is 0 Å². The van der Waals surface area contributed by atoms with Gasteiger partial charge < -0.3 is 14.8 Å². The van der Waals surface area contributed by atoms with Crippen LogP contribution in [-0.2, 0) is 14.3 Å². The van der Waals surface area contributed by atoms with Gasteiger partial charge >= 0.3 is 0 Å². The summed E-state index contributed by atoms with van der Waals surface area (Å²) in [6.45, 7) is 3.50. The molecule has 0 aromatic rings. The molecule has 0 aliphatic carbocycles. The summed E-state index contributed by atoms with van der Waals surface area (Å²) in [5.74, 6) is 0.0748. The maximum Gasteiger partial charge on any atom is 0.220 e. The summed E-state index contributed by atoms with van der Waals surface area (Å²) in [5.41, 5.74) is 0. The molecule has 0 radical (unpaired) electrons. The Morgan fingerprint density at radius 1 is 1.43 bits per heavy atom. The van der Waals surface area contributed by atoms with Crippen molar-refractivity contribution in [1.29, 1.82) is 0 Å². The zero-order chi connectivity index (χ0) is 10.6. The lowest BCUT2D eigenvalue weighted by molar-refractivity contribution is -0.121. The van der Waals surface area contributed by atoms with Crippen molar-refractivity contribution in [2.45, 2.75) is 32.6 Å². The van der Waals surface area contributed by atoms with Crippen LogP contribution < -0.4 is 5.32 Å². The van der Waals surface area contributed by atoms with Crippen LogP contribution in [0.2, 0.25) is 0 Å². The van der Waals surface area contributed by atoms with Gasteiger partial charge in [0.05, 0.1) is 13.2 Å². The van der Waals surface area contributed by atoms with Crippen molar-refractivity contribution in [2.24, 2.45) is 0 Å². The van der Waals surface area contributed by atoms with Crippen molar-refractivity contribution >= 4 is 12.2 Å². The summed E-state index contributed by atoms with van der Waals surface area (Å²) < 4.78 is 5.08. The van der Waals surface area contributed by atoms with E-state index in [9.17, 15) is 9.59 Å². The minimum Gasteiger partial charge on any atom is -0.379 e. The maximum absolute atomic E-state index is 11.1. The number of aldehydes is 1. The summed E-state index contributed by atoms with van der Waals surface area (Å²) in [5, 5.41) is 2.74. The zero-order valence-electron chi connectivity index (χ0n) is 8.75. The molecule has 4 nitrogen and oxygen atoms in total. The highest BCUT2D eigenvalue weighted by molar-refractivity contribution is 5.75. The summed E-state index contributed by atoms with van der Waals surface area (Å²) in [7, 11) is 0. The van der Waals surface area contributed by atoms with Crippen LogP contribution in [0.4, 0.5) is 0 Å². The molecule has 0 aliphatic heterocycles. The normalized spacial score (nSPS) is 9.79. The van der Waals surface area contributed by atoms with Gasteiger partial charge in [-0.1, -0.05) is 13.3 Å². The first kappa shape index (κ1) is 13.1. The van der Waals surface area contributed by atoms with E-state index in [1.165, 1.54) is 0 Å². The van der Waals surface area contributed by atoms with Gasteiger partial charge in [0.25, 0.3) is 0 Å². The molecule has 0 unspecified atom stereocenters. The molecule has 0 rings (SSSR count). The number of hydrogen-bond donors (Lipinski definition) is 1. The number of ether oxygens (including phenoxy) is 1. The Labute approximate surface area is 85.0 Å². The molecule has 0 spiro atoms. The van der Waals surface area contributed by atoms with Gasteiger partial charge in [0.2, 0.25) is 5.91 Å². The lowest BCUT2D eigenvalue weighted by Crippen LogP contribution is -2.27. The first-order chi connectivity index (χ1) is 6.81. The minimum atomic E-state index is 0.0748. The predicted molar refractivity (Wildman–Crippen MR) is 54.0 cm³/mol. The zero-order valence-corrected chi connectivity index (χ0v) is 8.75. The van der Waals surface area contributed by atoms with Crippen LogP contribution in [0.15, 0.2) is 0 Å². The van der Waals surface area contributed by atoms with Crippen molar-refractivity contribution < 1.29 is 14.3 Å². The minimum absolute atomic E-state index is 0.0748. The molecular formula is C10H19NO3. The number of carbonyl (C=O) groups excluding carboxylic acids is 2. The highest BCUT2D eigenvalue weighted by atomic mass is 16.5. The van der Waals surface area contributed by atoms with Gasteiger partial charge in [-0.15, -0.1) is 0 Å². The third kappa shape index (κ3) is 9.19. The fourth-order valence-electron chi connectivity index (χ4n) is 0.922. The maximum atomic E-state index is 11.1. The molecule has 1 N–H and O–H groups in total. The van der Waals surface area contributed by atoms with E-state index in [1.54, 1.807) is 0 Å². The van der Waals surface area contributed by atoms with Crippen molar-refractivity contribution in [1.82, 2.24) is 5.32 Å². The van der Waals surface area contributed by atoms with Crippen LogP contribution in [0.3, 0.4) is 0 Å². The first-order valence-corrected chi connectivity index (χ1v) is 5.09. The molecule has 0 saturated heterocycles. The average molecular weight is 201 g/mol. The van der Waals surface area contributed by atoms with E-state index in [2.05, 4.69) is 12.2 Å². The molecule has 0 fully saturated rings. The number of hydrogen-bond acceptors (Lipinski definition) is 3. The van der Waals surface area contributed by atoms with Gasteiger partial charge in [0.1, 0.15) is 6.29 Å². The predicted octanol–water partition coefficient (Wildman–Crippen LogP) is 0.898. The Hall–Kier alpha value is -0.900. The third-order valence-corrected chi connectivity index (χ3v) is 1.71.